The number of fused-ring (bicyclic) bond motifs is 1. The molecule has 232 valence electrons. The maximum atomic E-state index is 13.8. The number of amides is 3. The molecule has 10 nitrogen and oxygen atoms in total. The van der Waals surface area contributed by atoms with Gasteiger partial charge in [-0.05, 0) is 56.0 Å². The molecule has 0 radical (unpaired) electrons. The zero-order valence-corrected chi connectivity index (χ0v) is 25.6. The molecule has 4 N–H and O–H groups in total. The second-order valence-electron chi connectivity index (χ2n) is 11.7. The van der Waals surface area contributed by atoms with Gasteiger partial charge < -0.3 is 30.5 Å². The quantitative estimate of drug-likeness (QED) is 0.272. The number of pyridine rings is 1. The predicted octanol–water partition coefficient (Wildman–Crippen LogP) is 2.60. The van der Waals surface area contributed by atoms with E-state index in [2.05, 4.69) is 15.6 Å². The summed E-state index contributed by atoms with van der Waals surface area (Å²) in [7, 11) is 0. The topological polar surface area (TPSA) is 141 Å². The number of thioether (sulfide) groups is 1. The second kappa shape index (κ2) is 13.8. The number of hydrogen-bond donors (Lipinski definition) is 4. The monoisotopic (exact) mass is 618 g/mol. The summed E-state index contributed by atoms with van der Waals surface area (Å²) >= 11 is 1.46. The van der Waals surface area contributed by atoms with Crippen LogP contribution in [0.1, 0.15) is 43.0 Å². The molecule has 3 amide bonds. The van der Waals surface area contributed by atoms with Crippen LogP contribution in [0.4, 0.5) is 0 Å². The Morgan fingerprint density at radius 3 is 2.50 bits per heavy atom. The van der Waals surface area contributed by atoms with Crippen LogP contribution in [0, 0.1) is 5.92 Å². The molecule has 1 saturated heterocycles. The van der Waals surface area contributed by atoms with Crippen molar-refractivity contribution in [3.8, 4) is 5.75 Å². The highest BCUT2D eigenvalue weighted by Gasteiger charge is 2.49. The van der Waals surface area contributed by atoms with Crippen molar-refractivity contribution in [2.45, 2.75) is 62.3 Å². The zero-order chi connectivity index (χ0) is 31.3. The fraction of sp³-hybridized carbons (Fsp3) is 0.394. The Balaban J connectivity index is 1.31. The zero-order valence-electron chi connectivity index (χ0n) is 24.8. The maximum Gasteiger partial charge on any atom is 0.252 e. The number of hydrogen-bond acceptors (Lipinski definition) is 8. The first kappa shape index (κ1) is 31.5. The van der Waals surface area contributed by atoms with Crippen LogP contribution in [-0.2, 0) is 27.3 Å². The first-order chi connectivity index (χ1) is 21.1. The molecule has 3 aromatic rings. The number of aliphatic hydroxyl groups excluding tert-OH is 2. The molecule has 0 unspecified atom stereocenters. The molecule has 0 saturated carbocycles. The Bertz CT molecular complexity index is 1460. The van der Waals surface area contributed by atoms with Gasteiger partial charge in [0, 0.05) is 35.2 Å². The van der Waals surface area contributed by atoms with E-state index in [0.717, 1.165) is 11.1 Å². The number of benzene rings is 2. The van der Waals surface area contributed by atoms with Gasteiger partial charge in [0.15, 0.2) is 0 Å². The summed E-state index contributed by atoms with van der Waals surface area (Å²) in [6.07, 6.45) is 0.917. The lowest BCUT2D eigenvalue weighted by Crippen LogP contribution is -2.55. The van der Waals surface area contributed by atoms with E-state index in [1.807, 2.05) is 56.3 Å². The van der Waals surface area contributed by atoms with Gasteiger partial charge >= 0.3 is 0 Å². The minimum Gasteiger partial charge on any atom is -0.490 e. The molecule has 5 atom stereocenters. The lowest BCUT2D eigenvalue weighted by Gasteiger charge is -2.33. The maximum absolute atomic E-state index is 13.8. The van der Waals surface area contributed by atoms with Crippen LogP contribution in [-0.4, -0.2) is 73.3 Å². The number of ether oxygens (including phenoxy) is 1. The van der Waals surface area contributed by atoms with E-state index in [-0.39, 0.29) is 37.8 Å². The molecule has 0 bridgehead atoms. The Hall–Kier alpha value is -3.93. The summed E-state index contributed by atoms with van der Waals surface area (Å²) in [5.74, 6) is -1.29. The molecule has 5 rings (SSSR count). The Morgan fingerprint density at radius 1 is 1.05 bits per heavy atom. The van der Waals surface area contributed by atoms with Gasteiger partial charge in [-0.15, -0.1) is 11.8 Å². The van der Waals surface area contributed by atoms with Crippen LogP contribution < -0.4 is 15.4 Å². The molecule has 2 aliphatic heterocycles. The third-order valence-corrected chi connectivity index (χ3v) is 9.50. The van der Waals surface area contributed by atoms with E-state index in [1.54, 1.807) is 36.7 Å². The summed E-state index contributed by atoms with van der Waals surface area (Å²) in [5, 5.41) is 27.9. The molecule has 2 aromatic carbocycles. The second-order valence-corrected chi connectivity index (χ2v) is 13.3. The minimum absolute atomic E-state index is 0.0272. The highest BCUT2D eigenvalue weighted by Crippen LogP contribution is 2.40. The SMILES string of the molecule is CC1(C)SCN(C(=O)[C@@H](O)C[C@@H](Cc2ccccc2)C(=O)N[C@H]2c3ccccc3OC[C@H]2O)[C@@H]1C(=O)NCc1ccncc1. The molecule has 2 aliphatic rings. The van der Waals surface area contributed by atoms with E-state index in [0.29, 0.717) is 11.3 Å². The summed E-state index contributed by atoms with van der Waals surface area (Å²) in [6, 6.07) is 18.7. The standard InChI is InChI=1S/C33H38N4O6S/c1-33(2)29(31(41)35-18-22-12-14-34-15-13-22)37(20-44-33)32(42)25(38)17-23(16-21-8-4-3-5-9-21)30(40)36-28-24-10-6-7-11-27(24)43-19-26(28)39/h3-15,23,25-26,28-29,38-39H,16-20H2,1-2H3,(H,35,41)(H,36,40)/t23-,25+,26-,28+,29-/m1/s1. The third-order valence-electron chi connectivity index (χ3n) is 8.13. The molecule has 1 aromatic heterocycles. The molecule has 1 fully saturated rings. The van der Waals surface area contributed by atoms with Gasteiger partial charge in [-0.25, -0.2) is 0 Å². The molecule has 44 heavy (non-hydrogen) atoms. The van der Waals surface area contributed by atoms with E-state index in [1.165, 1.54) is 16.7 Å². The molecular weight excluding hydrogens is 580 g/mol. The normalized spacial score (nSPS) is 21.8. The van der Waals surface area contributed by atoms with E-state index in [9.17, 15) is 24.6 Å². The summed E-state index contributed by atoms with van der Waals surface area (Å²) in [5.41, 5.74) is 2.40. The lowest BCUT2D eigenvalue weighted by atomic mass is 9.90. The molecular formula is C33H38N4O6S. The number of carbonyl (C=O) groups excluding carboxylic acids is 3. The molecule has 0 spiro atoms. The fourth-order valence-corrected chi connectivity index (χ4v) is 6.88. The Kier molecular flexibility index (Phi) is 9.87. The highest BCUT2D eigenvalue weighted by atomic mass is 32.2. The lowest BCUT2D eigenvalue weighted by molar-refractivity contribution is -0.147. The average Bonchev–Trinajstić information content (AvgIpc) is 3.36. The molecule has 0 aliphatic carbocycles. The van der Waals surface area contributed by atoms with Gasteiger partial charge in [0.2, 0.25) is 11.8 Å². The van der Waals surface area contributed by atoms with E-state index < -0.39 is 46.8 Å². The number of carbonyl (C=O) groups is 3. The summed E-state index contributed by atoms with van der Waals surface area (Å²) < 4.78 is 5.02. The van der Waals surface area contributed by atoms with Crippen molar-refractivity contribution in [2.24, 2.45) is 5.92 Å². The first-order valence-corrected chi connectivity index (χ1v) is 15.7. The largest absolute Gasteiger partial charge is 0.490 e. The van der Waals surface area contributed by atoms with Crippen LogP contribution in [0.3, 0.4) is 0 Å². The van der Waals surface area contributed by atoms with Gasteiger partial charge in [0.05, 0.1) is 11.9 Å². The Morgan fingerprint density at radius 2 is 1.75 bits per heavy atom. The number of para-hydroxylation sites is 1. The van der Waals surface area contributed by atoms with Crippen molar-refractivity contribution in [3.05, 3.63) is 95.8 Å². The van der Waals surface area contributed by atoms with Crippen LogP contribution in [0.25, 0.3) is 0 Å². The number of nitrogens with one attached hydrogen (secondary N) is 2. The summed E-state index contributed by atoms with van der Waals surface area (Å²) in [6.45, 7) is 4.11. The highest BCUT2D eigenvalue weighted by molar-refractivity contribution is 8.00. The van der Waals surface area contributed by atoms with Gasteiger partial charge in [-0.1, -0.05) is 48.5 Å². The number of aromatic nitrogens is 1. The van der Waals surface area contributed by atoms with Gasteiger partial charge in [0.25, 0.3) is 5.91 Å². The van der Waals surface area contributed by atoms with Crippen LogP contribution in [0.2, 0.25) is 0 Å². The number of aliphatic hydroxyl groups is 2. The van der Waals surface area contributed by atoms with Crippen LogP contribution >= 0.6 is 11.8 Å². The molecule has 11 heteroatoms. The van der Waals surface area contributed by atoms with Gasteiger partial charge in [-0.3, -0.25) is 19.4 Å². The average molecular weight is 619 g/mol. The minimum atomic E-state index is -1.52. The smallest absolute Gasteiger partial charge is 0.252 e. The predicted molar refractivity (Wildman–Crippen MR) is 166 cm³/mol. The third kappa shape index (κ3) is 7.23. The van der Waals surface area contributed by atoms with Crippen molar-refractivity contribution in [3.63, 3.8) is 0 Å². The van der Waals surface area contributed by atoms with Crippen molar-refractivity contribution in [2.75, 3.05) is 12.5 Å². The molecule has 3 heterocycles. The van der Waals surface area contributed by atoms with Gasteiger partial charge in [-0.2, -0.15) is 0 Å². The number of nitrogens with zero attached hydrogens (tertiary/aromatic N) is 2. The van der Waals surface area contributed by atoms with Crippen LogP contribution in [0.5, 0.6) is 5.75 Å². The van der Waals surface area contributed by atoms with E-state index in [4.69, 9.17) is 4.74 Å². The van der Waals surface area contributed by atoms with Crippen molar-refractivity contribution in [1.29, 1.82) is 0 Å². The van der Waals surface area contributed by atoms with Crippen molar-refractivity contribution >= 4 is 29.5 Å². The van der Waals surface area contributed by atoms with Crippen molar-refractivity contribution < 1.29 is 29.3 Å². The van der Waals surface area contributed by atoms with Crippen LogP contribution in [0.15, 0.2) is 79.1 Å². The van der Waals surface area contributed by atoms with E-state index >= 15 is 0 Å². The fourth-order valence-electron chi connectivity index (χ4n) is 5.74. The van der Waals surface area contributed by atoms with Gasteiger partial charge in [0.1, 0.15) is 30.6 Å². The number of rotatable bonds is 10. The first-order valence-electron chi connectivity index (χ1n) is 14.7. The Labute approximate surface area is 261 Å². The van der Waals surface area contributed by atoms with Crippen molar-refractivity contribution in [1.82, 2.24) is 20.5 Å². The summed E-state index contributed by atoms with van der Waals surface area (Å²) in [4.78, 5) is 46.3.